The molecule has 1 N–H and O–H groups in total. The van der Waals surface area contributed by atoms with Crippen molar-refractivity contribution < 1.29 is 13.2 Å². The molecule has 2 atom stereocenters. The minimum atomic E-state index is -4.55. The normalized spacial score (nSPS) is 23.1. The Bertz CT molecular complexity index is 1090. The summed E-state index contributed by atoms with van der Waals surface area (Å²) < 4.78 is 41.8. The first kappa shape index (κ1) is 22.9. The predicted octanol–water partition coefficient (Wildman–Crippen LogP) is 5.44. The Kier molecular flexibility index (Phi) is 6.11. The number of anilines is 3. The smallest absolute Gasteiger partial charge is 0.354 e. The first-order valence-electron chi connectivity index (χ1n) is 12.1. The van der Waals surface area contributed by atoms with Gasteiger partial charge in [-0.25, -0.2) is 4.98 Å². The van der Waals surface area contributed by atoms with Crippen LogP contribution in [0.2, 0.25) is 0 Å². The number of fused-ring (bicyclic) bond motifs is 1. The Hall–Kier alpha value is -2.86. The topological polar surface area (TPSA) is 68.1 Å². The molecule has 2 aromatic rings. The van der Waals surface area contributed by atoms with Crippen molar-refractivity contribution in [3.05, 3.63) is 41.1 Å². The molecule has 0 radical (unpaired) electrons. The zero-order valence-corrected chi connectivity index (χ0v) is 19.3. The predicted molar refractivity (Wildman–Crippen MR) is 124 cm³/mol. The van der Waals surface area contributed by atoms with Gasteiger partial charge < -0.3 is 10.2 Å². The zero-order chi connectivity index (χ0) is 23.9. The number of aromatic nitrogens is 2. The van der Waals surface area contributed by atoms with Crippen molar-refractivity contribution >= 4 is 17.5 Å². The summed E-state index contributed by atoms with van der Waals surface area (Å²) in [6, 6.07) is 7.91. The van der Waals surface area contributed by atoms with Gasteiger partial charge in [0, 0.05) is 31.0 Å². The number of likely N-dealkylation sites (N-methyl/N-ethyl adjacent to an activating group) is 1. The van der Waals surface area contributed by atoms with E-state index >= 15 is 0 Å². The van der Waals surface area contributed by atoms with Crippen LogP contribution in [0.15, 0.2) is 24.4 Å². The Morgan fingerprint density at radius 1 is 1.12 bits per heavy atom. The second-order valence-electron chi connectivity index (χ2n) is 9.66. The molecule has 1 aromatic carbocycles. The Morgan fingerprint density at radius 3 is 2.65 bits per heavy atom. The molecule has 9 heteroatoms. The molecule has 5 rings (SSSR count). The molecular formula is C25H29F3N6. The van der Waals surface area contributed by atoms with E-state index in [1.165, 1.54) is 0 Å². The second kappa shape index (κ2) is 9.06. The van der Waals surface area contributed by atoms with Crippen molar-refractivity contribution in [2.24, 2.45) is 0 Å². The highest BCUT2D eigenvalue weighted by Gasteiger charge is 2.41. The molecule has 34 heavy (non-hydrogen) atoms. The third-order valence-corrected chi connectivity index (χ3v) is 7.41. The summed E-state index contributed by atoms with van der Waals surface area (Å²) >= 11 is 0. The maximum Gasteiger partial charge on any atom is 0.421 e. The first-order valence-corrected chi connectivity index (χ1v) is 12.1. The highest BCUT2D eigenvalue weighted by molar-refractivity contribution is 5.61. The van der Waals surface area contributed by atoms with Crippen LogP contribution in [0.5, 0.6) is 0 Å². The third-order valence-electron chi connectivity index (χ3n) is 7.41. The van der Waals surface area contributed by atoms with Crippen LogP contribution in [0.4, 0.5) is 30.6 Å². The van der Waals surface area contributed by atoms with Crippen LogP contribution in [0, 0.1) is 11.3 Å². The SMILES string of the molecule is CN(c1nc(Nc2ccc(C3CC3)c(C#N)c2)ncc1C(F)(F)F)[C@H]1CCCN2CCCC[C@H]12. The summed E-state index contributed by atoms with van der Waals surface area (Å²) in [7, 11) is 1.72. The number of nitrogens with one attached hydrogen (secondary N) is 1. The molecule has 0 bridgehead atoms. The van der Waals surface area contributed by atoms with Crippen molar-refractivity contribution in [3.63, 3.8) is 0 Å². The van der Waals surface area contributed by atoms with Crippen LogP contribution in [0.25, 0.3) is 0 Å². The third kappa shape index (κ3) is 4.56. The van der Waals surface area contributed by atoms with Gasteiger partial charge in [0.2, 0.25) is 5.95 Å². The van der Waals surface area contributed by atoms with Gasteiger partial charge in [0.15, 0.2) is 0 Å². The lowest BCUT2D eigenvalue weighted by molar-refractivity contribution is -0.137. The van der Waals surface area contributed by atoms with Gasteiger partial charge in [0.05, 0.1) is 11.6 Å². The standard InChI is InChI=1S/C25H29F3N6/c1-33(21-6-4-12-34-11-3-2-5-22(21)34)23-20(25(26,27)28)15-30-24(32-23)31-18-9-10-19(16-7-8-16)17(13-18)14-29/h9-10,13,15-16,21-22H,2-8,11-12H2,1H3,(H,30,31,32)/t21-,22+/m0/s1. The molecule has 3 fully saturated rings. The van der Waals surface area contributed by atoms with Crippen molar-refractivity contribution in [3.8, 4) is 6.07 Å². The molecule has 0 amide bonds. The van der Waals surface area contributed by atoms with E-state index in [9.17, 15) is 18.4 Å². The van der Waals surface area contributed by atoms with E-state index in [0.29, 0.717) is 17.2 Å². The average Bonchev–Trinajstić information content (AvgIpc) is 3.68. The Balaban J connectivity index is 1.45. The van der Waals surface area contributed by atoms with Crippen molar-refractivity contribution in [2.45, 2.75) is 69.1 Å². The van der Waals surface area contributed by atoms with Crippen LogP contribution in [0.3, 0.4) is 0 Å². The number of hydrogen-bond donors (Lipinski definition) is 1. The minimum Gasteiger partial charge on any atom is -0.354 e. The number of benzene rings is 1. The van der Waals surface area contributed by atoms with Crippen LogP contribution in [-0.2, 0) is 6.18 Å². The lowest BCUT2D eigenvalue weighted by Gasteiger charge is -2.48. The Morgan fingerprint density at radius 2 is 1.91 bits per heavy atom. The number of alkyl halides is 3. The van der Waals surface area contributed by atoms with Crippen LogP contribution < -0.4 is 10.2 Å². The fourth-order valence-corrected chi connectivity index (χ4v) is 5.55. The van der Waals surface area contributed by atoms with E-state index < -0.39 is 11.7 Å². The van der Waals surface area contributed by atoms with E-state index in [4.69, 9.17) is 0 Å². The summed E-state index contributed by atoms with van der Waals surface area (Å²) in [6.45, 7) is 2.02. The van der Waals surface area contributed by atoms with E-state index in [1.54, 1.807) is 18.0 Å². The highest BCUT2D eigenvalue weighted by Crippen LogP contribution is 2.42. The molecular weight excluding hydrogens is 441 g/mol. The van der Waals surface area contributed by atoms with E-state index in [-0.39, 0.29) is 23.8 Å². The molecule has 0 unspecified atom stereocenters. The van der Waals surface area contributed by atoms with Gasteiger partial charge in [-0.15, -0.1) is 0 Å². The summed E-state index contributed by atoms with van der Waals surface area (Å²) in [6.07, 6.45) is 3.53. The average molecular weight is 471 g/mol. The van der Waals surface area contributed by atoms with Gasteiger partial charge in [-0.2, -0.15) is 23.4 Å². The Labute approximate surface area is 197 Å². The number of halogens is 3. The fraction of sp³-hybridized carbons (Fsp3) is 0.560. The summed E-state index contributed by atoms with van der Waals surface area (Å²) in [4.78, 5) is 12.5. The minimum absolute atomic E-state index is 0.0269. The fourth-order valence-electron chi connectivity index (χ4n) is 5.55. The quantitative estimate of drug-likeness (QED) is 0.628. The maximum atomic E-state index is 13.9. The number of hydrogen-bond acceptors (Lipinski definition) is 6. The van der Waals surface area contributed by atoms with Crippen LogP contribution in [0.1, 0.15) is 67.6 Å². The number of rotatable bonds is 5. The van der Waals surface area contributed by atoms with Crippen LogP contribution >= 0.6 is 0 Å². The van der Waals surface area contributed by atoms with E-state index in [0.717, 1.165) is 69.8 Å². The molecule has 2 aliphatic heterocycles. The molecule has 0 spiro atoms. The summed E-state index contributed by atoms with van der Waals surface area (Å²) in [5.74, 6) is 0.424. The van der Waals surface area contributed by atoms with Crippen molar-refractivity contribution in [1.29, 1.82) is 5.26 Å². The number of piperidine rings is 2. The maximum absolute atomic E-state index is 13.9. The van der Waals surface area contributed by atoms with Crippen LogP contribution in [-0.4, -0.2) is 47.1 Å². The monoisotopic (exact) mass is 470 g/mol. The second-order valence-corrected chi connectivity index (χ2v) is 9.66. The van der Waals surface area contributed by atoms with E-state index in [1.807, 2.05) is 12.1 Å². The lowest BCUT2D eigenvalue weighted by atomic mass is 9.88. The molecule has 3 heterocycles. The zero-order valence-electron chi connectivity index (χ0n) is 19.3. The summed E-state index contributed by atoms with van der Waals surface area (Å²) in [5.41, 5.74) is 1.37. The molecule has 3 aliphatic rings. The van der Waals surface area contributed by atoms with Gasteiger partial charge in [0.25, 0.3) is 0 Å². The molecule has 1 saturated carbocycles. The summed E-state index contributed by atoms with van der Waals surface area (Å²) in [5, 5.41) is 12.5. The molecule has 6 nitrogen and oxygen atoms in total. The lowest BCUT2D eigenvalue weighted by Crippen LogP contribution is -2.56. The molecule has 180 valence electrons. The molecule has 1 aromatic heterocycles. The largest absolute Gasteiger partial charge is 0.421 e. The van der Waals surface area contributed by atoms with E-state index in [2.05, 4.69) is 26.3 Å². The number of nitriles is 1. The van der Waals surface area contributed by atoms with Crippen molar-refractivity contribution in [1.82, 2.24) is 14.9 Å². The van der Waals surface area contributed by atoms with Gasteiger partial charge in [-0.3, -0.25) is 4.90 Å². The van der Waals surface area contributed by atoms with Gasteiger partial charge in [0.1, 0.15) is 11.4 Å². The van der Waals surface area contributed by atoms with Gasteiger partial charge >= 0.3 is 6.18 Å². The van der Waals surface area contributed by atoms with Gasteiger partial charge in [-0.05, 0) is 75.2 Å². The van der Waals surface area contributed by atoms with Crippen molar-refractivity contribution in [2.75, 3.05) is 30.4 Å². The van der Waals surface area contributed by atoms with Gasteiger partial charge in [-0.1, -0.05) is 12.5 Å². The first-order chi connectivity index (χ1) is 16.3. The highest BCUT2D eigenvalue weighted by atomic mass is 19.4. The molecule has 1 aliphatic carbocycles. The molecule has 2 saturated heterocycles. The number of nitrogens with zero attached hydrogens (tertiary/aromatic N) is 5.